The van der Waals surface area contributed by atoms with Gasteiger partial charge in [0.1, 0.15) is 0 Å². The van der Waals surface area contributed by atoms with E-state index < -0.39 is 0 Å². The molecule has 1 heterocycles. The molecule has 1 amide bonds. The number of Topliss-reactive ketones (excluding diaryl/α,β-unsaturated/α-hetero) is 1. The topological polar surface area (TPSA) is 40.6 Å². The second-order valence-corrected chi connectivity index (χ2v) is 5.84. The molecule has 1 aliphatic heterocycles. The number of nitrogens with zero attached hydrogens (tertiary/aromatic N) is 2. The molecule has 4 heteroatoms. The Kier molecular flexibility index (Phi) is 3.34. The summed E-state index contributed by atoms with van der Waals surface area (Å²) >= 11 is 0. The molecule has 1 aromatic rings. The maximum Gasteiger partial charge on any atom is 0.230 e. The summed E-state index contributed by atoms with van der Waals surface area (Å²) in [5, 5.41) is 0. The van der Waals surface area contributed by atoms with Gasteiger partial charge in [0.2, 0.25) is 5.91 Å². The highest BCUT2D eigenvalue weighted by Gasteiger charge is 2.37. The molecule has 0 spiro atoms. The maximum atomic E-state index is 12.7. The van der Waals surface area contributed by atoms with Gasteiger partial charge in [0.05, 0.1) is 5.92 Å². The summed E-state index contributed by atoms with van der Waals surface area (Å²) in [5.74, 6) is -0.0298. The zero-order chi connectivity index (χ0) is 14.3. The molecule has 1 saturated heterocycles. The molecular formula is C16H20N2O2. The van der Waals surface area contributed by atoms with E-state index in [-0.39, 0.29) is 17.6 Å². The van der Waals surface area contributed by atoms with Crippen LogP contribution in [0.5, 0.6) is 0 Å². The predicted molar refractivity (Wildman–Crippen MR) is 76.9 cm³/mol. The maximum absolute atomic E-state index is 12.7. The first-order valence-electron chi connectivity index (χ1n) is 7.18. The van der Waals surface area contributed by atoms with Crippen LogP contribution in [0, 0.1) is 6.92 Å². The van der Waals surface area contributed by atoms with Gasteiger partial charge in [0.25, 0.3) is 0 Å². The van der Waals surface area contributed by atoms with Crippen LogP contribution in [0.25, 0.3) is 0 Å². The molecule has 3 rings (SSSR count). The van der Waals surface area contributed by atoms with Gasteiger partial charge >= 0.3 is 0 Å². The standard InChI is InChI=1S/C16H20N2O2/c1-11-4-3-5-12-14(19)10-13(15(11)12)16(20)18-8-6-17(2)7-9-18/h3-5,13H,6-10H2,1-2H3. The highest BCUT2D eigenvalue weighted by molar-refractivity contribution is 6.07. The lowest BCUT2D eigenvalue weighted by molar-refractivity contribution is -0.134. The van der Waals surface area contributed by atoms with Crippen LogP contribution in [0.1, 0.15) is 33.8 Å². The number of likely N-dealkylation sites (N-methyl/N-ethyl adjacent to an activating group) is 1. The Bertz CT molecular complexity index is 560. The number of benzene rings is 1. The quantitative estimate of drug-likeness (QED) is 0.776. The number of carbonyl (C=O) groups is 2. The highest BCUT2D eigenvalue weighted by atomic mass is 16.2. The van der Waals surface area contributed by atoms with Gasteiger partial charge in [0, 0.05) is 38.2 Å². The van der Waals surface area contributed by atoms with Crippen molar-refractivity contribution in [3.05, 3.63) is 34.9 Å². The van der Waals surface area contributed by atoms with Gasteiger partial charge in [0.15, 0.2) is 5.78 Å². The van der Waals surface area contributed by atoms with E-state index in [1.54, 1.807) is 0 Å². The minimum Gasteiger partial charge on any atom is -0.340 e. The summed E-state index contributed by atoms with van der Waals surface area (Å²) in [6.45, 7) is 5.34. The summed E-state index contributed by atoms with van der Waals surface area (Å²) in [4.78, 5) is 29.0. The minimum absolute atomic E-state index is 0.108. The number of ketones is 1. The molecule has 0 saturated carbocycles. The summed E-state index contributed by atoms with van der Waals surface area (Å²) in [7, 11) is 2.07. The number of fused-ring (bicyclic) bond motifs is 1. The number of hydrogen-bond acceptors (Lipinski definition) is 3. The first-order chi connectivity index (χ1) is 9.58. The van der Waals surface area contributed by atoms with Gasteiger partial charge in [-0.2, -0.15) is 0 Å². The number of rotatable bonds is 1. The van der Waals surface area contributed by atoms with Gasteiger partial charge in [-0.1, -0.05) is 18.2 Å². The molecule has 1 fully saturated rings. The summed E-state index contributed by atoms with van der Waals surface area (Å²) in [5.41, 5.74) is 2.76. The van der Waals surface area contributed by atoms with Crippen LogP contribution < -0.4 is 0 Å². The van der Waals surface area contributed by atoms with Crippen LogP contribution in [0.2, 0.25) is 0 Å². The van der Waals surface area contributed by atoms with Crippen molar-refractivity contribution in [3.8, 4) is 0 Å². The molecule has 0 aromatic heterocycles. The van der Waals surface area contributed by atoms with E-state index in [1.165, 1.54) is 0 Å². The molecule has 2 aliphatic rings. The van der Waals surface area contributed by atoms with Crippen molar-refractivity contribution in [2.24, 2.45) is 0 Å². The first-order valence-corrected chi connectivity index (χ1v) is 7.18. The largest absolute Gasteiger partial charge is 0.340 e. The van der Waals surface area contributed by atoms with Crippen molar-refractivity contribution in [3.63, 3.8) is 0 Å². The van der Waals surface area contributed by atoms with Crippen LogP contribution >= 0.6 is 0 Å². The monoisotopic (exact) mass is 272 g/mol. The van der Waals surface area contributed by atoms with Crippen molar-refractivity contribution >= 4 is 11.7 Å². The molecule has 4 nitrogen and oxygen atoms in total. The molecule has 0 N–H and O–H groups in total. The molecule has 106 valence electrons. The summed E-state index contributed by atoms with van der Waals surface area (Å²) < 4.78 is 0. The molecule has 1 aliphatic carbocycles. The van der Waals surface area contributed by atoms with Crippen molar-refractivity contribution in [1.29, 1.82) is 0 Å². The molecular weight excluding hydrogens is 252 g/mol. The molecule has 20 heavy (non-hydrogen) atoms. The van der Waals surface area contributed by atoms with Gasteiger partial charge in [-0.15, -0.1) is 0 Å². The Morgan fingerprint density at radius 2 is 1.90 bits per heavy atom. The number of amides is 1. The van der Waals surface area contributed by atoms with Crippen molar-refractivity contribution in [1.82, 2.24) is 9.80 Å². The summed E-state index contributed by atoms with van der Waals surface area (Å²) in [6.07, 6.45) is 0.339. The molecule has 0 bridgehead atoms. The lowest BCUT2D eigenvalue weighted by atomic mass is 9.95. The van der Waals surface area contributed by atoms with E-state index >= 15 is 0 Å². The summed E-state index contributed by atoms with van der Waals surface area (Å²) in [6, 6.07) is 5.73. The Labute approximate surface area is 119 Å². The van der Waals surface area contributed by atoms with Gasteiger partial charge in [-0.25, -0.2) is 0 Å². The second-order valence-electron chi connectivity index (χ2n) is 5.84. The van der Waals surface area contributed by atoms with Gasteiger partial charge in [-0.05, 0) is 25.1 Å². The molecule has 0 radical (unpaired) electrons. The van der Waals surface area contributed by atoms with Crippen LogP contribution in [-0.4, -0.2) is 54.7 Å². The molecule has 1 unspecified atom stereocenters. The fourth-order valence-electron chi connectivity index (χ4n) is 3.24. The normalized spacial score (nSPS) is 23.0. The molecule has 1 aromatic carbocycles. The van der Waals surface area contributed by atoms with E-state index in [4.69, 9.17) is 0 Å². The molecule has 1 atom stereocenters. The zero-order valence-electron chi connectivity index (χ0n) is 12.1. The van der Waals surface area contributed by atoms with Gasteiger partial charge < -0.3 is 9.80 Å². The zero-order valence-corrected chi connectivity index (χ0v) is 12.1. The Morgan fingerprint density at radius 1 is 1.20 bits per heavy atom. The lowest BCUT2D eigenvalue weighted by Crippen LogP contribution is -2.48. The average molecular weight is 272 g/mol. The average Bonchev–Trinajstić information content (AvgIpc) is 2.78. The Balaban J connectivity index is 1.86. The van der Waals surface area contributed by atoms with Crippen molar-refractivity contribution in [2.75, 3.05) is 33.2 Å². The second kappa shape index (κ2) is 5.02. The van der Waals surface area contributed by atoms with Crippen LogP contribution in [-0.2, 0) is 4.79 Å². The van der Waals surface area contributed by atoms with E-state index in [0.717, 1.165) is 42.9 Å². The van der Waals surface area contributed by atoms with E-state index in [0.29, 0.717) is 6.42 Å². The fourth-order valence-corrected chi connectivity index (χ4v) is 3.24. The first kappa shape index (κ1) is 13.3. The van der Waals surface area contributed by atoms with E-state index in [9.17, 15) is 9.59 Å². The van der Waals surface area contributed by atoms with Crippen LogP contribution in [0.3, 0.4) is 0 Å². The Morgan fingerprint density at radius 3 is 2.60 bits per heavy atom. The third-order valence-electron chi connectivity index (χ3n) is 4.48. The Hall–Kier alpha value is -1.68. The number of piperazine rings is 1. The lowest BCUT2D eigenvalue weighted by Gasteiger charge is -2.34. The van der Waals surface area contributed by atoms with E-state index in [1.807, 2.05) is 30.0 Å². The fraction of sp³-hybridized carbons (Fsp3) is 0.500. The highest BCUT2D eigenvalue weighted by Crippen LogP contribution is 2.36. The third kappa shape index (κ3) is 2.14. The number of aryl methyl sites for hydroxylation is 1. The van der Waals surface area contributed by atoms with Crippen molar-refractivity contribution in [2.45, 2.75) is 19.3 Å². The van der Waals surface area contributed by atoms with Crippen LogP contribution in [0.4, 0.5) is 0 Å². The minimum atomic E-state index is -0.262. The van der Waals surface area contributed by atoms with E-state index in [2.05, 4.69) is 11.9 Å². The number of carbonyl (C=O) groups excluding carboxylic acids is 2. The number of hydrogen-bond donors (Lipinski definition) is 0. The van der Waals surface area contributed by atoms with Crippen molar-refractivity contribution < 1.29 is 9.59 Å². The van der Waals surface area contributed by atoms with Gasteiger partial charge in [-0.3, -0.25) is 9.59 Å². The SMILES string of the molecule is Cc1cccc2c1C(C(=O)N1CCN(C)CC1)CC2=O. The predicted octanol–water partition coefficient (Wildman–Crippen LogP) is 1.44. The smallest absolute Gasteiger partial charge is 0.230 e. The van der Waals surface area contributed by atoms with Crippen LogP contribution in [0.15, 0.2) is 18.2 Å². The third-order valence-corrected chi connectivity index (χ3v) is 4.48.